The normalized spacial score (nSPS) is 16.1. The molecule has 4 heteroatoms. The van der Waals surface area contributed by atoms with Gasteiger partial charge in [-0.3, -0.25) is 4.68 Å². The summed E-state index contributed by atoms with van der Waals surface area (Å²) in [7, 11) is 0. The number of nitrogens with one attached hydrogen (secondary N) is 1. The number of hydrogen-bond donors (Lipinski definition) is 1. The smallest absolute Gasteiger partial charge is 0.0774 e. The Hall–Kier alpha value is -1.32. The lowest BCUT2D eigenvalue weighted by molar-refractivity contribution is 0.321. The van der Waals surface area contributed by atoms with Crippen molar-refractivity contribution in [2.24, 2.45) is 0 Å². The van der Waals surface area contributed by atoms with Crippen molar-refractivity contribution >= 4 is 11.6 Å². The third kappa shape index (κ3) is 1.62. The number of benzene rings is 1. The Bertz CT molecular complexity index is 502. The molecule has 1 saturated heterocycles. The molecular formula is C12H12ClN3. The van der Waals surface area contributed by atoms with Crippen molar-refractivity contribution in [3.05, 3.63) is 41.6 Å². The van der Waals surface area contributed by atoms with Crippen molar-refractivity contribution < 1.29 is 0 Å². The van der Waals surface area contributed by atoms with Gasteiger partial charge in [-0.2, -0.15) is 5.10 Å². The molecule has 0 unspecified atom stereocenters. The van der Waals surface area contributed by atoms with E-state index in [2.05, 4.69) is 21.2 Å². The standard InChI is InChI=1S/C12H12ClN3/c13-10-3-1-2-9(6-10)12-4-5-15-16(12)11-7-14-8-11/h1-6,11,14H,7-8H2. The molecule has 0 aliphatic carbocycles. The monoisotopic (exact) mass is 233 g/mol. The lowest BCUT2D eigenvalue weighted by atomic mass is 10.1. The summed E-state index contributed by atoms with van der Waals surface area (Å²) in [5, 5.41) is 8.39. The van der Waals surface area contributed by atoms with Crippen LogP contribution in [-0.4, -0.2) is 22.9 Å². The molecule has 0 atom stereocenters. The van der Waals surface area contributed by atoms with Crippen LogP contribution in [0.4, 0.5) is 0 Å². The molecule has 1 fully saturated rings. The first-order chi connectivity index (χ1) is 7.84. The zero-order chi connectivity index (χ0) is 11.0. The third-order valence-electron chi connectivity index (χ3n) is 2.90. The molecule has 0 bridgehead atoms. The summed E-state index contributed by atoms with van der Waals surface area (Å²) < 4.78 is 2.07. The molecule has 1 aromatic heterocycles. The molecular weight excluding hydrogens is 222 g/mol. The van der Waals surface area contributed by atoms with Crippen molar-refractivity contribution in [2.75, 3.05) is 13.1 Å². The lowest BCUT2D eigenvalue weighted by Crippen LogP contribution is -2.44. The number of hydrogen-bond acceptors (Lipinski definition) is 2. The van der Waals surface area contributed by atoms with Gasteiger partial charge in [0, 0.05) is 29.9 Å². The molecule has 0 radical (unpaired) electrons. The van der Waals surface area contributed by atoms with E-state index in [0.717, 1.165) is 29.4 Å². The van der Waals surface area contributed by atoms with Crippen molar-refractivity contribution in [3.63, 3.8) is 0 Å². The van der Waals surface area contributed by atoms with E-state index in [1.54, 1.807) is 0 Å². The topological polar surface area (TPSA) is 29.9 Å². The average molecular weight is 234 g/mol. The van der Waals surface area contributed by atoms with Crippen LogP contribution in [0.25, 0.3) is 11.3 Å². The van der Waals surface area contributed by atoms with E-state index in [-0.39, 0.29) is 0 Å². The third-order valence-corrected chi connectivity index (χ3v) is 3.13. The van der Waals surface area contributed by atoms with Crippen LogP contribution in [0.5, 0.6) is 0 Å². The molecule has 0 amide bonds. The summed E-state index contributed by atoms with van der Waals surface area (Å²) in [4.78, 5) is 0. The minimum absolute atomic E-state index is 0.476. The Morgan fingerprint density at radius 3 is 2.88 bits per heavy atom. The highest BCUT2D eigenvalue weighted by molar-refractivity contribution is 6.30. The zero-order valence-electron chi connectivity index (χ0n) is 8.73. The maximum atomic E-state index is 6.00. The van der Waals surface area contributed by atoms with Crippen LogP contribution in [0, 0.1) is 0 Å². The molecule has 2 aromatic rings. The molecule has 82 valence electrons. The van der Waals surface area contributed by atoms with Crippen LogP contribution < -0.4 is 5.32 Å². The minimum Gasteiger partial charge on any atom is -0.312 e. The highest BCUT2D eigenvalue weighted by Gasteiger charge is 2.21. The van der Waals surface area contributed by atoms with Gasteiger partial charge < -0.3 is 5.32 Å². The van der Waals surface area contributed by atoms with Crippen LogP contribution in [0.3, 0.4) is 0 Å². The van der Waals surface area contributed by atoms with Crippen molar-refractivity contribution in [2.45, 2.75) is 6.04 Å². The lowest BCUT2D eigenvalue weighted by Gasteiger charge is -2.29. The first-order valence-electron chi connectivity index (χ1n) is 5.35. The Balaban J connectivity index is 2.02. The van der Waals surface area contributed by atoms with E-state index in [0.29, 0.717) is 6.04 Å². The van der Waals surface area contributed by atoms with E-state index in [4.69, 9.17) is 11.6 Å². The summed E-state index contributed by atoms with van der Waals surface area (Å²) in [5.41, 5.74) is 2.26. The fraction of sp³-hybridized carbons (Fsp3) is 0.250. The molecule has 1 aliphatic heterocycles. The van der Waals surface area contributed by atoms with Gasteiger partial charge in [0.05, 0.1) is 11.7 Å². The van der Waals surface area contributed by atoms with Gasteiger partial charge in [0.2, 0.25) is 0 Å². The van der Waals surface area contributed by atoms with Gasteiger partial charge in [0.15, 0.2) is 0 Å². The first kappa shape index (κ1) is 9.87. The van der Waals surface area contributed by atoms with Gasteiger partial charge in [-0.1, -0.05) is 23.7 Å². The Kier molecular flexibility index (Phi) is 2.42. The quantitative estimate of drug-likeness (QED) is 0.863. The van der Waals surface area contributed by atoms with Gasteiger partial charge in [0.1, 0.15) is 0 Å². The van der Waals surface area contributed by atoms with Crippen molar-refractivity contribution in [3.8, 4) is 11.3 Å². The second kappa shape index (κ2) is 3.92. The largest absolute Gasteiger partial charge is 0.312 e. The average Bonchev–Trinajstić information content (AvgIpc) is 2.64. The van der Waals surface area contributed by atoms with E-state index in [1.165, 1.54) is 0 Å². The van der Waals surface area contributed by atoms with Gasteiger partial charge >= 0.3 is 0 Å². The van der Waals surface area contributed by atoms with E-state index >= 15 is 0 Å². The summed E-state index contributed by atoms with van der Waals surface area (Å²) in [5.74, 6) is 0. The Labute approximate surface area is 99.0 Å². The van der Waals surface area contributed by atoms with Crippen LogP contribution in [0.15, 0.2) is 36.5 Å². The maximum absolute atomic E-state index is 6.00. The molecule has 0 spiro atoms. The molecule has 1 aromatic carbocycles. The predicted molar refractivity (Wildman–Crippen MR) is 64.6 cm³/mol. The van der Waals surface area contributed by atoms with Gasteiger partial charge in [-0.15, -0.1) is 0 Å². The highest BCUT2D eigenvalue weighted by atomic mass is 35.5. The second-order valence-corrected chi connectivity index (χ2v) is 4.42. The predicted octanol–water partition coefficient (Wildman–Crippen LogP) is 2.35. The molecule has 2 heterocycles. The molecule has 0 saturated carbocycles. The molecule has 3 nitrogen and oxygen atoms in total. The Morgan fingerprint density at radius 1 is 1.31 bits per heavy atom. The van der Waals surface area contributed by atoms with Gasteiger partial charge in [0.25, 0.3) is 0 Å². The van der Waals surface area contributed by atoms with Crippen LogP contribution in [-0.2, 0) is 0 Å². The molecule has 3 rings (SSSR count). The summed E-state index contributed by atoms with van der Waals surface area (Å²) >= 11 is 6.00. The SMILES string of the molecule is Clc1cccc(-c2ccnn2C2CNC2)c1. The van der Waals surface area contributed by atoms with E-state index < -0.39 is 0 Å². The highest BCUT2D eigenvalue weighted by Crippen LogP contribution is 2.25. The number of aromatic nitrogens is 2. The zero-order valence-corrected chi connectivity index (χ0v) is 9.48. The summed E-state index contributed by atoms with van der Waals surface area (Å²) in [6.07, 6.45) is 1.84. The van der Waals surface area contributed by atoms with Crippen LogP contribution in [0.1, 0.15) is 6.04 Å². The van der Waals surface area contributed by atoms with Gasteiger partial charge in [-0.25, -0.2) is 0 Å². The Morgan fingerprint density at radius 2 is 2.19 bits per heavy atom. The summed E-state index contributed by atoms with van der Waals surface area (Å²) in [6, 6.07) is 10.4. The fourth-order valence-corrected chi connectivity index (χ4v) is 2.12. The maximum Gasteiger partial charge on any atom is 0.0774 e. The minimum atomic E-state index is 0.476. The molecule has 1 N–H and O–H groups in total. The molecule has 1 aliphatic rings. The van der Waals surface area contributed by atoms with E-state index in [1.807, 2.05) is 30.5 Å². The van der Waals surface area contributed by atoms with Crippen molar-refractivity contribution in [1.29, 1.82) is 0 Å². The van der Waals surface area contributed by atoms with Crippen molar-refractivity contribution in [1.82, 2.24) is 15.1 Å². The number of rotatable bonds is 2. The van der Waals surface area contributed by atoms with Crippen LogP contribution >= 0.6 is 11.6 Å². The fourth-order valence-electron chi connectivity index (χ4n) is 1.93. The second-order valence-electron chi connectivity index (χ2n) is 3.98. The van der Waals surface area contributed by atoms with Gasteiger partial charge in [-0.05, 0) is 18.2 Å². The van der Waals surface area contributed by atoms with Crippen LogP contribution in [0.2, 0.25) is 5.02 Å². The number of halogens is 1. The molecule has 16 heavy (non-hydrogen) atoms. The summed E-state index contributed by atoms with van der Waals surface area (Å²) in [6.45, 7) is 1.99. The number of nitrogens with zero attached hydrogens (tertiary/aromatic N) is 2. The van der Waals surface area contributed by atoms with E-state index in [9.17, 15) is 0 Å². The first-order valence-corrected chi connectivity index (χ1v) is 5.72.